The summed E-state index contributed by atoms with van der Waals surface area (Å²) in [7, 11) is 6.09. The second kappa shape index (κ2) is 6.56. The molecule has 0 saturated carbocycles. The van der Waals surface area contributed by atoms with E-state index in [-0.39, 0.29) is 12.4 Å². The molecular formula is C10H21ClN6. The molecule has 1 aromatic heterocycles. The highest BCUT2D eigenvalue weighted by Gasteiger charge is 2.19. The van der Waals surface area contributed by atoms with Gasteiger partial charge in [-0.2, -0.15) is 4.98 Å². The zero-order chi connectivity index (χ0) is 12.2. The van der Waals surface area contributed by atoms with E-state index in [1.807, 2.05) is 35.0 Å². The summed E-state index contributed by atoms with van der Waals surface area (Å²) in [6.07, 6.45) is 0. The zero-order valence-electron chi connectivity index (χ0n) is 11.1. The fourth-order valence-corrected chi connectivity index (χ4v) is 1.14. The Bertz CT molecular complexity index is 325. The van der Waals surface area contributed by atoms with Crippen molar-refractivity contribution in [3.05, 3.63) is 0 Å². The van der Waals surface area contributed by atoms with E-state index in [0.717, 1.165) is 19.0 Å². The van der Waals surface area contributed by atoms with Crippen LogP contribution in [-0.2, 0) is 0 Å². The third kappa shape index (κ3) is 4.70. The van der Waals surface area contributed by atoms with Gasteiger partial charge in [-0.1, -0.05) is 0 Å². The van der Waals surface area contributed by atoms with Gasteiger partial charge >= 0.3 is 5.95 Å². The molecule has 0 amide bonds. The second-order valence-corrected chi connectivity index (χ2v) is 4.36. The summed E-state index contributed by atoms with van der Waals surface area (Å²) in [6, 6.07) is 0. The third-order valence-corrected chi connectivity index (χ3v) is 1.89. The molecule has 0 radical (unpaired) electrons. The summed E-state index contributed by atoms with van der Waals surface area (Å²) < 4.78 is 0.569. The van der Waals surface area contributed by atoms with E-state index >= 15 is 0 Å². The van der Waals surface area contributed by atoms with Gasteiger partial charge in [0.2, 0.25) is 11.9 Å². The summed E-state index contributed by atoms with van der Waals surface area (Å²) in [4.78, 5) is 13.0. The van der Waals surface area contributed by atoms with Crippen molar-refractivity contribution in [2.24, 2.45) is 0 Å². The van der Waals surface area contributed by atoms with E-state index in [1.54, 1.807) is 0 Å². The Morgan fingerprint density at radius 2 is 1.29 bits per heavy atom. The van der Waals surface area contributed by atoms with Gasteiger partial charge in [-0.25, -0.2) is 0 Å². The van der Waals surface area contributed by atoms with E-state index in [9.17, 15) is 0 Å². The summed E-state index contributed by atoms with van der Waals surface area (Å²) in [6.45, 7) is 5.63. The molecule has 6 nitrogen and oxygen atoms in total. The Labute approximate surface area is 109 Å². The number of aromatic nitrogens is 3. The van der Waals surface area contributed by atoms with E-state index in [0.29, 0.717) is 16.4 Å². The fraction of sp³-hybridized carbons (Fsp3) is 0.700. The first-order valence-electron chi connectivity index (χ1n) is 5.53. The predicted molar refractivity (Wildman–Crippen MR) is 67.7 cm³/mol. The van der Waals surface area contributed by atoms with E-state index in [1.165, 1.54) is 0 Å². The summed E-state index contributed by atoms with van der Waals surface area (Å²) >= 11 is 0. The minimum absolute atomic E-state index is 0. The Balaban J connectivity index is 0.00000256. The van der Waals surface area contributed by atoms with Crippen LogP contribution in [0.5, 0.6) is 0 Å². The number of rotatable bonds is 5. The molecule has 1 rings (SSSR count). The molecule has 0 aromatic carbocycles. The van der Waals surface area contributed by atoms with Crippen LogP contribution in [0.25, 0.3) is 0 Å². The molecule has 0 atom stereocenters. The minimum Gasteiger partial charge on any atom is -1.00 e. The lowest BCUT2D eigenvalue weighted by molar-refractivity contribution is -0.00000403. The van der Waals surface area contributed by atoms with Crippen LogP contribution in [0, 0.1) is 0 Å². The average molecular weight is 261 g/mol. The highest BCUT2D eigenvalue weighted by atomic mass is 35.5. The van der Waals surface area contributed by atoms with Crippen LogP contribution in [0.15, 0.2) is 0 Å². The zero-order valence-corrected chi connectivity index (χ0v) is 11.8. The van der Waals surface area contributed by atoms with Crippen molar-refractivity contribution in [1.82, 2.24) is 19.4 Å². The molecule has 0 unspecified atom stereocenters. The van der Waals surface area contributed by atoms with Crippen molar-refractivity contribution in [2.45, 2.75) is 13.8 Å². The molecule has 7 heteroatoms. The van der Waals surface area contributed by atoms with E-state index in [4.69, 9.17) is 0 Å². The van der Waals surface area contributed by atoms with Crippen molar-refractivity contribution in [1.29, 1.82) is 0 Å². The largest absolute Gasteiger partial charge is 1.00 e. The molecule has 0 aliphatic carbocycles. The number of hydrogen-bond acceptors (Lipinski definition) is 5. The maximum Gasteiger partial charge on any atom is 0.334 e. The normalized spacial score (nSPS) is 10.6. The first kappa shape index (κ1) is 15.9. The van der Waals surface area contributed by atoms with Crippen LogP contribution in [0.3, 0.4) is 0 Å². The van der Waals surface area contributed by atoms with Gasteiger partial charge in [-0.15, -0.1) is 9.97 Å². The van der Waals surface area contributed by atoms with Crippen LogP contribution in [0.4, 0.5) is 17.8 Å². The lowest BCUT2D eigenvalue weighted by Gasteiger charge is -2.21. The van der Waals surface area contributed by atoms with Crippen LogP contribution < -0.4 is 27.5 Å². The molecule has 0 aliphatic heterocycles. The lowest BCUT2D eigenvalue weighted by atomic mass is 10.6. The molecule has 0 aliphatic rings. The molecule has 0 bridgehead atoms. The number of nitrogens with one attached hydrogen (secondary N) is 2. The third-order valence-electron chi connectivity index (χ3n) is 1.89. The Kier molecular flexibility index (Phi) is 6.12. The van der Waals surface area contributed by atoms with Gasteiger partial charge in [0.25, 0.3) is 0 Å². The van der Waals surface area contributed by atoms with Crippen LogP contribution in [0.1, 0.15) is 13.8 Å². The van der Waals surface area contributed by atoms with Crippen LogP contribution in [0.2, 0.25) is 0 Å². The highest BCUT2D eigenvalue weighted by molar-refractivity contribution is 5.41. The first-order valence-corrected chi connectivity index (χ1v) is 5.53. The maximum absolute atomic E-state index is 4.38. The van der Waals surface area contributed by atoms with Gasteiger partial charge < -0.3 is 23.0 Å². The van der Waals surface area contributed by atoms with E-state index < -0.39 is 0 Å². The Morgan fingerprint density at radius 3 is 1.59 bits per heavy atom. The topological polar surface area (TPSA) is 62.7 Å². The van der Waals surface area contributed by atoms with Crippen LogP contribution in [-0.4, -0.2) is 49.2 Å². The molecule has 0 saturated heterocycles. The fourth-order valence-electron chi connectivity index (χ4n) is 1.14. The van der Waals surface area contributed by atoms with Gasteiger partial charge in [0.15, 0.2) is 0 Å². The highest BCUT2D eigenvalue weighted by Crippen LogP contribution is 2.14. The number of anilines is 2. The maximum atomic E-state index is 4.38. The molecule has 1 aromatic rings. The summed E-state index contributed by atoms with van der Waals surface area (Å²) in [5.74, 6) is 1.98. The van der Waals surface area contributed by atoms with Crippen molar-refractivity contribution >= 4 is 17.8 Å². The summed E-state index contributed by atoms with van der Waals surface area (Å²) in [5, 5.41) is 6.21. The molecule has 0 fully saturated rings. The smallest absolute Gasteiger partial charge is 0.334 e. The standard InChI is InChI=1S/C10H21N6.ClH/c1-6-11-8-13-9(12-7-2)15-10(14-8)16(3,4)5;/h6-7H2,1-5H3,(H2,11,12,13,14,15);1H/q+1;/p-1. The molecule has 2 N–H and O–H groups in total. The first-order chi connectivity index (χ1) is 7.47. The Hall–Kier alpha value is -1.14. The number of hydrogen-bond donors (Lipinski definition) is 2. The quantitative estimate of drug-likeness (QED) is 0.596. The van der Waals surface area contributed by atoms with Gasteiger partial charge in [0.05, 0.1) is 21.1 Å². The number of nitrogens with zero attached hydrogens (tertiary/aromatic N) is 4. The van der Waals surface area contributed by atoms with Crippen LogP contribution >= 0.6 is 0 Å². The monoisotopic (exact) mass is 260 g/mol. The van der Waals surface area contributed by atoms with Crippen molar-refractivity contribution in [3.8, 4) is 0 Å². The summed E-state index contributed by atoms with van der Waals surface area (Å²) in [5.41, 5.74) is 0. The molecular weight excluding hydrogens is 240 g/mol. The van der Waals surface area contributed by atoms with Crippen molar-refractivity contribution in [3.63, 3.8) is 0 Å². The second-order valence-electron chi connectivity index (χ2n) is 4.36. The predicted octanol–water partition coefficient (Wildman–Crippen LogP) is -2.06. The van der Waals surface area contributed by atoms with Gasteiger partial charge in [0, 0.05) is 13.1 Å². The van der Waals surface area contributed by atoms with Crippen molar-refractivity contribution in [2.75, 3.05) is 44.9 Å². The van der Waals surface area contributed by atoms with Crippen molar-refractivity contribution < 1.29 is 12.4 Å². The number of quaternary nitrogens is 1. The lowest BCUT2D eigenvalue weighted by Crippen LogP contribution is -3.00. The van der Waals surface area contributed by atoms with Gasteiger partial charge in [-0.3, -0.25) is 4.48 Å². The van der Waals surface area contributed by atoms with E-state index in [2.05, 4.69) is 25.6 Å². The van der Waals surface area contributed by atoms with Gasteiger partial charge in [-0.05, 0) is 13.8 Å². The molecule has 98 valence electrons. The molecule has 1 heterocycles. The minimum atomic E-state index is 0. The Morgan fingerprint density at radius 1 is 0.882 bits per heavy atom. The molecule has 17 heavy (non-hydrogen) atoms. The van der Waals surface area contributed by atoms with Gasteiger partial charge in [0.1, 0.15) is 0 Å². The number of halogens is 1. The molecule has 0 spiro atoms. The average Bonchev–Trinajstić information content (AvgIpc) is 2.17. The SMILES string of the molecule is CCNc1nc(NCC)nc([N+](C)(C)C)n1.[Cl-].